The molecule has 0 atom stereocenters. The Morgan fingerprint density at radius 2 is 1.32 bits per heavy atom. The lowest BCUT2D eigenvalue weighted by Gasteiger charge is -2.16. The van der Waals surface area contributed by atoms with Crippen LogP contribution in [0.4, 0.5) is 11.4 Å². The van der Waals surface area contributed by atoms with E-state index in [1.807, 2.05) is 43.3 Å². The second kappa shape index (κ2) is 8.53. The Morgan fingerprint density at radius 1 is 0.714 bits per heavy atom. The van der Waals surface area contributed by atoms with Crippen LogP contribution in [0.15, 0.2) is 72.8 Å². The summed E-state index contributed by atoms with van der Waals surface area (Å²) in [4.78, 5) is 24.9. The van der Waals surface area contributed by atoms with Crippen LogP contribution in [0.1, 0.15) is 51.6 Å². The molecule has 0 saturated carbocycles. The third-order valence-corrected chi connectivity index (χ3v) is 4.61. The second-order valence-electron chi connectivity index (χ2n) is 7.05. The molecule has 3 aromatic carbocycles. The molecule has 0 radical (unpaired) electrons. The summed E-state index contributed by atoms with van der Waals surface area (Å²) >= 11 is 0. The molecule has 2 amide bonds. The van der Waals surface area contributed by atoms with Crippen LogP contribution in [0.3, 0.4) is 0 Å². The van der Waals surface area contributed by atoms with Crippen LogP contribution in [0.25, 0.3) is 0 Å². The van der Waals surface area contributed by atoms with Crippen molar-refractivity contribution in [1.29, 1.82) is 0 Å². The third kappa shape index (κ3) is 4.46. The minimum absolute atomic E-state index is 0.169. The van der Waals surface area contributed by atoms with E-state index < -0.39 is 0 Å². The summed E-state index contributed by atoms with van der Waals surface area (Å²) in [5.41, 5.74) is 4.78. The van der Waals surface area contributed by atoms with Gasteiger partial charge in [-0.1, -0.05) is 50.2 Å². The third-order valence-electron chi connectivity index (χ3n) is 4.61. The van der Waals surface area contributed by atoms with Gasteiger partial charge in [-0.2, -0.15) is 0 Å². The molecule has 0 unspecified atom stereocenters. The molecule has 0 fully saturated rings. The maximum atomic E-state index is 12.7. The Kier molecular flexibility index (Phi) is 5.90. The van der Waals surface area contributed by atoms with Crippen molar-refractivity contribution in [2.24, 2.45) is 0 Å². The van der Waals surface area contributed by atoms with Crippen molar-refractivity contribution in [2.45, 2.75) is 26.7 Å². The first-order valence-corrected chi connectivity index (χ1v) is 9.33. The maximum absolute atomic E-state index is 12.7. The molecular formula is C24H24N2O2. The van der Waals surface area contributed by atoms with Gasteiger partial charge >= 0.3 is 0 Å². The van der Waals surface area contributed by atoms with Gasteiger partial charge in [-0.25, -0.2) is 0 Å². The predicted molar refractivity (Wildman–Crippen MR) is 114 cm³/mol. The van der Waals surface area contributed by atoms with Crippen molar-refractivity contribution < 1.29 is 9.59 Å². The summed E-state index contributed by atoms with van der Waals surface area (Å²) < 4.78 is 0. The second-order valence-corrected chi connectivity index (χ2v) is 7.05. The lowest BCUT2D eigenvalue weighted by Crippen LogP contribution is -2.15. The summed E-state index contributed by atoms with van der Waals surface area (Å²) in [6, 6.07) is 21.9. The van der Waals surface area contributed by atoms with E-state index in [4.69, 9.17) is 0 Å². The SMILES string of the molecule is Cc1cccc(C(C)C)c1NC(=O)c1ccc(NC(=O)c2ccccc2)cc1. The Morgan fingerprint density at radius 3 is 1.96 bits per heavy atom. The number of amides is 2. The van der Waals surface area contributed by atoms with Crippen LogP contribution in [0.2, 0.25) is 0 Å². The number of benzene rings is 3. The Hall–Kier alpha value is -3.40. The fourth-order valence-corrected chi connectivity index (χ4v) is 3.03. The van der Waals surface area contributed by atoms with Crippen LogP contribution < -0.4 is 10.6 Å². The van der Waals surface area contributed by atoms with E-state index in [0.29, 0.717) is 22.7 Å². The minimum atomic E-state index is -0.181. The van der Waals surface area contributed by atoms with Gasteiger partial charge in [0.2, 0.25) is 0 Å². The molecule has 2 N–H and O–H groups in total. The van der Waals surface area contributed by atoms with Crippen LogP contribution >= 0.6 is 0 Å². The highest BCUT2D eigenvalue weighted by molar-refractivity contribution is 6.06. The molecule has 28 heavy (non-hydrogen) atoms. The Bertz CT molecular complexity index is 977. The Labute approximate surface area is 165 Å². The average molecular weight is 372 g/mol. The van der Waals surface area contributed by atoms with Crippen LogP contribution in [-0.2, 0) is 0 Å². The standard InChI is InChI=1S/C24H24N2O2/c1-16(2)21-11-7-8-17(3)22(21)26-24(28)19-12-14-20(15-13-19)25-23(27)18-9-5-4-6-10-18/h4-16H,1-3H3,(H,25,27)(H,26,28). The molecule has 4 heteroatoms. The summed E-state index contributed by atoms with van der Waals surface area (Å²) in [6.45, 7) is 6.20. The van der Waals surface area contributed by atoms with E-state index in [0.717, 1.165) is 16.8 Å². The first-order valence-electron chi connectivity index (χ1n) is 9.33. The average Bonchev–Trinajstić information content (AvgIpc) is 2.70. The van der Waals surface area contributed by atoms with E-state index in [2.05, 4.69) is 24.5 Å². The minimum Gasteiger partial charge on any atom is -0.322 e. The molecule has 0 bridgehead atoms. The fourth-order valence-electron chi connectivity index (χ4n) is 3.03. The summed E-state index contributed by atoms with van der Waals surface area (Å²) in [5, 5.41) is 5.87. The fraction of sp³-hybridized carbons (Fsp3) is 0.167. The van der Waals surface area contributed by atoms with Crippen molar-refractivity contribution in [2.75, 3.05) is 10.6 Å². The van der Waals surface area contributed by atoms with Crippen molar-refractivity contribution in [3.05, 3.63) is 95.1 Å². The highest BCUT2D eigenvalue weighted by Gasteiger charge is 2.13. The number of carbonyl (C=O) groups excluding carboxylic acids is 2. The smallest absolute Gasteiger partial charge is 0.255 e. The number of hydrogen-bond acceptors (Lipinski definition) is 2. The number of aryl methyl sites for hydroxylation is 1. The largest absolute Gasteiger partial charge is 0.322 e. The molecule has 142 valence electrons. The molecule has 0 spiro atoms. The molecule has 3 aromatic rings. The zero-order chi connectivity index (χ0) is 20.1. The summed E-state index contributed by atoms with van der Waals surface area (Å²) in [6.07, 6.45) is 0. The topological polar surface area (TPSA) is 58.2 Å². The van der Waals surface area contributed by atoms with Gasteiger partial charge in [0.05, 0.1) is 0 Å². The maximum Gasteiger partial charge on any atom is 0.255 e. The number of hydrogen-bond donors (Lipinski definition) is 2. The molecule has 0 heterocycles. The lowest BCUT2D eigenvalue weighted by atomic mass is 9.98. The van der Waals surface area contributed by atoms with Crippen molar-refractivity contribution in [1.82, 2.24) is 0 Å². The summed E-state index contributed by atoms with van der Waals surface area (Å²) in [5.74, 6) is -0.0396. The number of carbonyl (C=O) groups is 2. The van der Waals surface area contributed by atoms with E-state index in [1.54, 1.807) is 36.4 Å². The quantitative estimate of drug-likeness (QED) is 0.610. The normalized spacial score (nSPS) is 10.6. The van der Waals surface area contributed by atoms with Gasteiger partial charge in [-0.05, 0) is 60.4 Å². The van der Waals surface area contributed by atoms with E-state index in [1.165, 1.54) is 0 Å². The molecule has 3 rings (SSSR count). The lowest BCUT2D eigenvalue weighted by molar-refractivity contribution is 0.102. The van der Waals surface area contributed by atoms with E-state index in [9.17, 15) is 9.59 Å². The molecule has 0 aliphatic heterocycles. The molecule has 4 nitrogen and oxygen atoms in total. The molecule has 0 aliphatic rings. The highest BCUT2D eigenvalue weighted by Crippen LogP contribution is 2.28. The monoisotopic (exact) mass is 372 g/mol. The first-order chi connectivity index (χ1) is 13.5. The van der Waals surface area contributed by atoms with E-state index >= 15 is 0 Å². The first kappa shape index (κ1) is 19.4. The van der Waals surface area contributed by atoms with Gasteiger partial charge < -0.3 is 10.6 Å². The molecule has 0 aliphatic carbocycles. The number of anilines is 2. The van der Waals surface area contributed by atoms with Crippen LogP contribution in [-0.4, -0.2) is 11.8 Å². The number of rotatable bonds is 5. The predicted octanol–water partition coefficient (Wildman–Crippen LogP) is 5.62. The van der Waals surface area contributed by atoms with Gasteiger partial charge in [-0.3, -0.25) is 9.59 Å². The number of para-hydroxylation sites is 1. The van der Waals surface area contributed by atoms with Gasteiger partial charge in [0.25, 0.3) is 11.8 Å². The zero-order valence-corrected chi connectivity index (χ0v) is 16.3. The van der Waals surface area contributed by atoms with Crippen LogP contribution in [0.5, 0.6) is 0 Å². The molecule has 0 saturated heterocycles. The van der Waals surface area contributed by atoms with Crippen molar-refractivity contribution in [3.8, 4) is 0 Å². The van der Waals surface area contributed by atoms with Crippen molar-refractivity contribution >= 4 is 23.2 Å². The number of nitrogens with one attached hydrogen (secondary N) is 2. The zero-order valence-electron chi connectivity index (χ0n) is 16.3. The van der Waals surface area contributed by atoms with Gasteiger partial charge in [0.15, 0.2) is 0 Å². The Balaban J connectivity index is 1.72. The van der Waals surface area contributed by atoms with E-state index in [-0.39, 0.29) is 11.8 Å². The van der Waals surface area contributed by atoms with Crippen LogP contribution in [0, 0.1) is 6.92 Å². The van der Waals surface area contributed by atoms with Gasteiger partial charge in [-0.15, -0.1) is 0 Å². The van der Waals surface area contributed by atoms with Crippen molar-refractivity contribution in [3.63, 3.8) is 0 Å². The highest BCUT2D eigenvalue weighted by atomic mass is 16.2. The summed E-state index contributed by atoms with van der Waals surface area (Å²) in [7, 11) is 0. The molecular weight excluding hydrogens is 348 g/mol. The molecule has 0 aromatic heterocycles. The van der Waals surface area contributed by atoms with Gasteiger partial charge in [0, 0.05) is 22.5 Å². The van der Waals surface area contributed by atoms with Gasteiger partial charge in [0.1, 0.15) is 0 Å².